The molecule has 2 rings (SSSR count). The molecule has 0 saturated carbocycles. The number of rotatable bonds is 6. The van der Waals surface area contributed by atoms with Gasteiger partial charge in [-0.05, 0) is 30.3 Å². The molecule has 0 bridgehead atoms. The summed E-state index contributed by atoms with van der Waals surface area (Å²) < 4.78 is 38.0. The van der Waals surface area contributed by atoms with Crippen molar-refractivity contribution in [2.24, 2.45) is 0 Å². The van der Waals surface area contributed by atoms with Crippen molar-refractivity contribution in [2.45, 2.75) is 11.8 Å². The van der Waals surface area contributed by atoms with Crippen LogP contribution in [0.3, 0.4) is 0 Å². The first-order valence-electron chi connectivity index (χ1n) is 7.09. The maximum atomic E-state index is 12.6. The highest BCUT2D eigenvalue weighted by Gasteiger charge is 2.19. The number of anilines is 2. The van der Waals surface area contributed by atoms with Crippen LogP contribution in [-0.2, 0) is 14.8 Å². The Balaban J connectivity index is 2.40. The van der Waals surface area contributed by atoms with E-state index in [0.717, 1.165) is 0 Å². The largest absolute Gasteiger partial charge is 0.495 e. The fourth-order valence-electron chi connectivity index (χ4n) is 2.10. The van der Waals surface area contributed by atoms with Crippen molar-refractivity contribution >= 4 is 38.9 Å². The normalized spacial score (nSPS) is 10.9. The lowest BCUT2D eigenvalue weighted by atomic mass is 10.3. The van der Waals surface area contributed by atoms with E-state index in [9.17, 15) is 13.2 Å². The summed E-state index contributed by atoms with van der Waals surface area (Å²) in [6, 6.07) is 8.70. The minimum atomic E-state index is -3.92. The number of amides is 1. The van der Waals surface area contributed by atoms with Gasteiger partial charge < -0.3 is 14.8 Å². The highest BCUT2D eigenvalue weighted by molar-refractivity contribution is 7.92. The van der Waals surface area contributed by atoms with Crippen molar-refractivity contribution in [1.29, 1.82) is 0 Å². The van der Waals surface area contributed by atoms with Crippen molar-refractivity contribution in [3.05, 3.63) is 41.4 Å². The summed E-state index contributed by atoms with van der Waals surface area (Å²) in [7, 11) is -1.12. The molecule has 0 spiro atoms. The first-order valence-corrected chi connectivity index (χ1v) is 8.95. The minimum Gasteiger partial charge on any atom is -0.495 e. The molecular weight excluding hydrogens is 368 g/mol. The maximum absolute atomic E-state index is 12.6. The Labute approximate surface area is 151 Å². The number of carbonyl (C=O) groups excluding carboxylic acids is 1. The molecule has 0 atom stereocenters. The number of hydrogen-bond acceptors (Lipinski definition) is 5. The third-order valence-corrected chi connectivity index (χ3v) is 4.80. The van der Waals surface area contributed by atoms with Crippen LogP contribution >= 0.6 is 11.6 Å². The molecule has 0 saturated heterocycles. The first-order chi connectivity index (χ1) is 11.8. The van der Waals surface area contributed by atoms with E-state index in [0.29, 0.717) is 16.5 Å². The van der Waals surface area contributed by atoms with Gasteiger partial charge in [0.05, 0.1) is 30.5 Å². The van der Waals surface area contributed by atoms with Gasteiger partial charge in [0.25, 0.3) is 10.0 Å². The zero-order valence-electron chi connectivity index (χ0n) is 13.8. The Morgan fingerprint density at radius 2 is 1.68 bits per heavy atom. The van der Waals surface area contributed by atoms with E-state index in [2.05, 4.69) is 10.0 Å². The molecule has 0 unspecified atom stereocenters. The summed E-state index contributed by atoms with van der Waals surface area (Å²) >= 11 is 5.91. The lowest BCUT2D eigenvalue weighted by Gasteiger charge is -2.14. The Kier molecular flexibility index (Phi) is 5.76. The highest BCUT2D eigenvalue weighted by atomic mass is 35.5. The molecule has 0 aliphatic rings. The van der Waals surface area contributed by atoms with Gasteiger partial charge in [-0.25, -0.2) is 8.42 Å². The van der Waals surface area contributed by atoms with Gasteiger partial charge in [-0.15, -0.1) is 0 Å². The van der Waals surface area contributed by atoms with E-state index < -0.39 is 10.0 Å². The summed E-state index contributed by atoms with van der Waals surface area (Å²) in [5.41, 5.74) is 0.578. The molecule has 9 heteroatoms. The molecule has 0 heterocycles. The molecule has 0 aromatic heterocycles. The maximum Gasteiger partial charge on any atom is 0.262 e. The molecule has 2 N–H and O–H groups in total. The number of nitrogens with one attached hydrogen (secondary N) is 2. The predicted molar refractivity (Wildman–Crippen MR) is 96.1 cm³/mol. The van der Waals surface area contributed by atoms with Gasteiger partial charge in [-0.1, -0.05) is 11.6 Å². The molecule has 0 aliphatic heterocycles. The molecular formula is C16H17ClN2O5S. The van der Waals surface area contributed by atoms with Crippen LogP contribution < -0.4 is 19.5 Å². The molecule has 0 aliphatic carbocycles. The molecule has 2 aromatic carbocycles. The standard InChI is InChI=1S/C16H17ClN2O5S/c1-10(20)18-13-6-5-12(9-16(13)24-3)25(21,22)19-14-8-11(17)4-7-15(14)23-2/h4-9,19H,1-3H3,(H,18,20). The number of methoxy groups -OCH3 is 2. The number of halogens is 1. The summed E-state index contributed by atoms with van der Waals surface area (Å²) in [6.45, 7) is 1.34. The molecule has 25 heavy (non-hydrogen) atoms. The molecule has 1 amide bonds. The molecule has 0 fully saturated rings. The second-order valence-corrected chi connectivity index (χ2v) is 7.11. The van der Waals surface area contributed by atoms with Crippen molar-refractivity contribution in [3.63, 3.8) is 0 Å². The van der Waals surface area contributed by atoms with Crippen molar-refractivity contribution in [2.75, 3.05) is 24.3 Å². The van der Waals surface area contributed by atoms with Crippen LogP contribution in [0.15, 0.2) is 41.3 Å². The second-order valence-electron chi connectivity index (χ2n) is 4.99. The second kappa shape index (κ2) is 7.62. The Hall–Kier alpha value is -2.45. The zero-order chi connectivity index (χ0) is 18.6. The zero-order valence-corrected chi connectivity index (χ0v) is 15.4. The van der Waals surface area contributed by atoms with Crippen LogP contribution in [0.1, 0.15) is 6.92 Å². The van der Waals surface area contributed by atoms with Crippen molar-refractivity contribution in [1.82, 2.24) is 0 Å². The number of benzene rings is 2. The van der Waals surface area contributed by atoms with Crippen LogP contribution in [-0.4, -0.2) is 28.5 Å². The minimum absolute atomic E-state index is 0.0412. The van der Waals surface area contributed by atoms with Crippen molar-refractivity contribution in [3.8, 4) is 11.5 Å². The van der Waals surface area contributed by atoms with Gasteiger partial charge in [0.2, 0.25) is 5.91 Å². The summed E-state index contributed by atoms with van der Waals surface area (Å²) in [5, 5.41) is 2.92. The van der Waals surface area contributed by atoms with Crippen LogP contribution in [0.5, 0.6) is 11.5 Å². The van der Waals surface area contributed by atoms with Gasteiger partial charge in [0.1, 0.15) is 11.5 Å². The lowest BCUT2D eigenvalue weighted by Crippen LogP contribution is -2.14. The van der Waals surface area contributed by atoms with E-state index in [1.165, 1.54) is 45.4 Å². The molecule has 2 aromatic rings. The Morgan fingerprint density at radius 1 is 1.00 bits per heavy atom. The predicted octanol–water partition coefficient (Wildman–Crippen LogP) is 3.12. The average Bonchev–Trinajstić information content (AvgIpc) is 2.54. The van der Waals surface area contributed by atoms with Crippen LogP contribution in [0.2, 0.25) is 5.02 Å². The van der Waals surface area contributed by atoms with Gasteiger partial charge in [0, 0.05) is 18.0 Å². The molecule has 7 nitrogen and oxygen atoms in total. The van der Waals surface area contributed by atoms with E-state index >= 15 is 0 Å². The van der Waals surface area contributed by atoms with E-state index in [4.69, 9.17) is 21.1 Å². The van der Waals surface area contributed by atoms with Crippen LogP contribution in [0, 0.1) is 0 Å². The van der Waals surface area contributed by atoms with Gasteiger partial charge in [0.15, 0.2) is 0 Å². The van der Waals surface area contributed by atoms with Gasteiger partial charge in [-0.2, -0.15) is 0 Å². The third kappa shape index (κ3) is 4.55. The number of ether oxygens (including phenoxy) is 2. The van der Waals surface area contributed by atoms with Crippen molar-refractivity contribution < 1.29 is 22.7 Å². The average molecular weight is 385 g/mol. The van der Waals surface area contributed by atoms with Crippen LogP contribution in [0.4, 0.5) is 11.4 Å². The SMILES string of the molecule is COc1cc(S(=O)(=O)Nc2cc(Cl)ccc2OC)ccc1NC(C)=O. The Bertz CT molecular complexity index is 899. The third-order valence-electron chi connectivity index (χ3n) is 3.20. The molecule has 0 radical (unpaired) electrons. The van der Waals surface area contributed by atoms with Gasteiger partial charge >= 0.3 is 0 Å². The van der Waals surface area contributed by atoms with Gasteiger partial charge in [-0.3, -0.25) is 9.52 Å². The highest BCUT2D eigenvalue weighted by Crippen LogP contribution is 2.32. The van der Waals surface area contributed by atoms with E-state index in [1.54, 1.807) is 12.1 Å². The smallest absolute Gasteiger partial charge is 0.262 e. The van der Waals surface area contributed by atoms with E-state index in [-0.39, 0.29) is 22.2 Å². The molecule has 134 valence electrons. The monoisotopic (exact) mass is 384 g/mol. The fourth-order valence-corrected chi connectivity index (χ4v) is 3.34. The quantitative estimate of drug-likeness (QED) is 0.798. The van der Waals surface area contributed by atoms with Crippen LogP contribution in [0.25, 0.3) is 0 Å². The lowest BCUT2D eigenvalue weighted by molar-refractivity contribution is -0.114. The summed E-state index contributed by atoms with van der Waals surface area (Å²) in [5.74, 6) is 0.252. The van der Waals surface area contributed by atoms with E-state index in [1.807, 2.05) is 0 Å². The summed E-state index contributed by atoms with van der Waals surface area (Å²) in [6.07, 6.45) is 0. The number of sulfonamides is 1. The number of carbonyl (C=O) groups is 1. The number of hydrogen-bond donors (Lipinski definition) is 2. The first kappa shape index (κ1) is 18.9. The Morgan fingerprint density at radius 3 is 2.28 bits per heavy atom. The topological polar surface area (TPSA) is 93.7 Å². The fraction of sp³-hybridized carbons (Fsp3) is 0.188. The summed E-state index contributed by atoms with van der Waals surface area (Å²) in [4.78, 5) is 11.1.